The Bertz CT molecular complexity index is 1190. The number of halogens is 1. The van der Waals surface area contributed by atoms with Gasteiger partial charge in [0.15, 0.2) is 5.16 Å². The summed E-state index contributed by atoms with van der Waals surface area (Å²) in [6, 6.07) is 10.4. The molecule has 2 aliphatic rings. The molecule has 2 aliphatic heterocycles. The van der Waals surface area contributed by atoms with Gasteiger partial charge in [-0.25, -0.2) is 9.97 Å². The Morgan fingerprint density at radius 3 is 2.49 bits per heavy atom. The van der Waals surface area contributed by atoms with Gasteiger partial charge in [-0.1, -0.05) is 62.7 Å². The van der Waals surface area contributed by atoms with Crippen LogP contribution in [0.2, 0.25) is 5.15 Å². The van der Waals surface area contributed by atoms with Gasteiger partial charge in [0.05, 0.1) is 5.75 Å². The van der Waals surface area contributed by atoms with Gasteiger partial charge in [0.2, 0.25) is 5.91 Å². The number of nitrogens with one attached hydrogen (secondary N) is 1. The lowest BCUT2D eigenvalue weighted by molar-refractivity contribution is -0.118. The molecule has 10 heteroatoms. The van der Waals surface area contributed by atoms with Gasteiger partial charge in [0.25, 0.3) is 5.91 Å². The largest absolute Gasteiger partial charge is 0.355 e. The molecule has 2 amide bonds. The fraction of sp³-hybridized carbons (Fsp3) is 0.613. The van der Waals surface area contributed by atoms with Gasteiger partial charge < -0.3 is 20.0 Å². The molecule has 0 aliphatic carbocycles. The monoisotopic (exact) mass is 600 g/mol. The average Bonchev–Trinajstić information content (AvgIpc) is 2.94. The van der Waals surface area contributed by atoms with Crippen molar-refractivity contribution < 1.29 is 9.59 Å². The second-order valence-electron chi connectivity index (χ2n) is 12.3. The van der Waals surface area contributed by atoms with Gasteiger partial charge in [0.1, 0.15) is 11.0 Å². The number of thioether (sulfide) groups is 1. The van der Waals surface area contributed by atoms with Gasteiger partial charge in [-0.2, -0.15) is 0 Å². The number of nitrogens with zero attached hydrogens (tertiary/aromatic N) is 5. The summed E-state index contributed by atoms with van der Waals surface area (Å²) in [5.74, 6) is 0.984. The first-order chi connectivity index (χ1) is 19.5. The quantitative estimate of drug-likeness (QED) is 0.182. The molecule has 1 aromatic carbocycles. The molecule has 0 radical (unpaired) electrons. The van der Waals surface area contributed by atoms with Crippen molar-refractivity contribution >= 4 is 41.0 Å². The highest BCUT2D eigenvalue weighted by Gasteiger charge is 2.29. The number of piperazine rings is 1. The fourth-order valence-electron chi connectivity index (χ4n) is 5.54. The van der Waals surface area contributed by atoms with E-state index in [1.807, 2.05) is 29.2 Å². The molecule has 0 spiro atoms. The van der Waals surface area contributed by atoms with Gasteiger partial charge in [0, 0.05) is 56.4 Å². The Hall–Kier alpha value is -2.36. The zero-order valence-electron chi connectivity index (χ0n) is 25.2. The summed E-state index contributed by atoms with van der Waals surface area (Å²) in [4.78, 5) is 41.3. The normalized spacial score (nSPS) is 20.2. The van der Waals surface area contributed by atoms with E-state index in [2.05, 4.69) is 54.7 Å². The van der Waals surface area contributed by atoms with Gasteiger partial charge in [-0.05, 0) is 62.8 Å². The summed E-state index contributed by atoms with van der Waals surface area (Å²) in [5, 5.41) is 3.85. The van der Waals surface area contributed by atoms with Crippen molar-refractivity contribution in [3.05, 3.63) is 46.6 Å². The Morgan fingerprint density at radius 2 is 1.80 bits per heavy atom. The topological polar surface area (TPSA) is 81.7 Å². The molecule has 0 bridgehead atoms. The van der Waals surface area contributed by atoms with Crippen LogP contribution in [0.5, 0.6) is 0 Å². The first kappa shape index (κ1) is 31.6. The number of hydrogen-bond acceptors (Lipinski definition) is 7. The molecule has 2 atom stereocenters. The van der Waals surface area contributed by atoms with Crippen molar-refractivity contribution in [3.8, 4) is 0 Å². The summed E-state index contributed by atoms with van der Waals surface area (Å²) in [7, 11) is 0. The third kappa shape index (κ3) is 8.82. The van der Waals surface area contributed by atoms with Crippen molar-refractivity contribution in [1.29, 1.82) is 0 Å². The summed E-state index contributed by atoms with van der Waals surface area (Å²) in [5.41, 5.74) is 1.97. The lowest BCUT2D eigenvalue weighted by atomic mass is 9.86. The third-order valence-corrected chi connectivity index (χ3v) is 9.13. The summed E-state index contributed by atoms with van der Waals surface area (Å²) in [6.07, 6.45) is 4.81. The van der Waals surface area contributed by atoms with E-state index in [1.165, 1.54) is 36.6 Å². The zero-order valence-corrected chi connectivity index (χ0v) is 26.7. The van der Waals surface area contributed by atoms with Crippen molar-refractivity contribution in [2.75, 3.05) is 49.9 Å². The number of amides is 2. The van der Waals surface area contributed by atoms with Gasteiger partial charge in [-0.3, -0.25) is 9.59 Å². The van der Waals surface area contributed by atoms with Crippen LogP contribution in [-0.4, -0.2) is 88.7 Å². The number of hydrogen-bond donors (Lipinski definition) is 1. The predicted octanol–water partition coefficient (Wildman–Crippen LogP) is 5.25. The maximum absolute atomic E-state index is 13.3. The smallest absolute Gasteiger partial charge is 0.254 e. The average molecular weight is 601 g/mol. The zero-order chi connectivity index (χ0) is 29.6. The van der Waals surface area contributed by atoms with E-state index in [-0.39, 0.29) is 29.0 Å². The van der Waals surface area contributed by atoms with Crippen LogP contribution in [0.4, 0.5) is 5.82 Å². The highest BCUT2D eigenvalue weighted by molar-refractivity contribution is 7.99. The minimum absolute atomic E-state index is 0.00193. The predicted molar refractivity (Wildman–Crippen MR) is 168 cm³/mol. The van der Waals surface area contributed by atoms with Crippen molar-refractivity contribution in [1.82, 2.24) is 25.1 Å². The molecule has 8 nitrogen and oxygen atoms in total. The van der Waals surface area contributed by atoms with E-state index in [4.69, 9.17) is 16.6 Å². The van der Waals surface area contributed by atoms with Crippen LogP contribution in [0.3, 0.4) is 0 Å². The first-order valence-electron chi connectivity index (χ1n) is 14.9. The summed E-state index contributed by atoms with van der Waals surface area (Å²) >= 11 is 7.65. The number of likely N-dealkylation sites (tertiary alicyclic amines) is 1. The van der Waals surface area contributed by atoms with E-state index < -0.39 is 0 Å². The molecule has 224 valence electrons. The Morgan fingerprint density at radius 1 is 1.05 bits per heavy atom. The number of piperidine rings is 1. The number of rotatable bonds is 9. The fourth-order valence-corrected chi connectivity index (χ4v) is 6.45. The molecule has 3 heterocycles. The first-order valence-corrected chi connectivity index (χ1v) is 16.2. The standard InChI is InChI=1S/C31H45ClN6O2S/c1-22-9-6-7-15-36(22)16-8-14-33-28(39)21-41-30-34-26(32)19-27(35-30)37-17-18-38(23(2)20-37)29(40)24-10-12-25(13-11-24)31(3,4)5/h10-13,19,22-23H,6-9,14-18,20-21H2,1-5H3,(H,33,39). The molecule has 1 N–H and O–H groups in total. The van der Waals surface area contributed by atoms with E-state index in [0.717, 1.165) is 25.3 Å². The molecular formula is C31H45ClN6O2S. The number of carbonyl (C=O) groups excluding carboxylic acids is 2. The van der Waals surface area contributed by atoms with Crippen LogP contribution < -0.4 is 10.2 Å². The number of benzene rings is 1. The lowest BCUT2D eigenvalue weighted by Crippen LogP contribution is -2.54. The van der Waals surface area contributed by atoms with Crippen molar-refractivity contribution in [3.63, 3.8) is 0 Å². The number of carbonyl (C=O) groups is 2. The van der Waals surface area contributed by atoms with E-state index in [0.29, 0.717) is 48.1 Å². The second kappa shape index (κ2) is 14.2. The van der Waals surface area contributed by atoms with Crippen LogP contribution >= 0.6 is 23.4 Å². The van der Waals surface area contributed by atoms with Gasteiger partial charge >= 0.3 is 0 Å². The van der Waals surface area contributed by atoms with E-state index >= 15 is 0 Å². The molecule has 2 fully saturated rings. The SMILES string of the molecule is CC1CCCCN1CCCNC(=O)CSc1nc(Cl)cc(N2CCN(C(=O)c3ccc(C(C)(C)C)cc3)C(C)C2)n1. The maximum atomic E-state index is 13.3. The Labute approximate surface area is 254 Å². The Kier molecular flexibility index (Phi) is 10.9. The van der Waals surface area contributed by atoms with E-state index in [9.17, 15) is 9.59 Å². The molecule has 4 rings (SSSR count). The maximum Gasteiger partial charge on any atom is 0.254 e. The second-order valence-corrected chi connectivity index (χ2v) is 13.7. The van der Waals surface area contributed by atoms with Crippen molar-refractivity contribution in [2.45, 2.75) is 83.0 Å². The molecular weight excluding hydrogens is 556 g/mol. The van der Waals surface area contributed by atoms with Gasteiger partial charge in [-0.15, -0.1) is 0 Å². The summed E-state index contributed by atoms with van der Waals surface area (Å²) in [6.45, 7) is 15.6. The number of aromatic nitrogens is 2. The highest BCUT2D eigenvalue weighted by Crippen LogP contribution is 2.26. The van der Waals surface area contributed by atoms with Crippen LogP contribution in [0.15, 0.2) is 35.5 Å². The number of anilines is 1. The van der Waals surface area contributed by atoms with Crippen LogP contribution in [0, 0.1) is 0 Å². The lowest BCUT2D eigenvalue weighted by Gasteiger charge is -2.40. The highest BCUT2D eigenvalue weighted by atomic mass is 35.5. The van der Waals surface area contributed by atoms with E-state index in [1.54, 1.807) is 6.07 Å². The van der Waals surface area contributed by atoms with Crippen LogP contribution in [0.25, 0.3) is 0 Å². The minimum atomic E-state index is -0.0249. The summed E-state index contributed by atoms with van der Waals surface area (Å²) < 4.78 is 0. The third-order valence-electron chi connectivity index (χ3n) is 8.09. The molecule has 2 saturated heterocycles. The molecule has 41 heavy (non-hydrogen) atoms. The van der Waals surface area contributed by atoms with Crippen LogP contribution in [0.1, 0.15) is 76.2 Å². The molecule has 0 saturated carbocycles. The molecule has 2 unspecified atom stereocenters. The van der Waals surface area contributed by atoms with Crippen LogP contribution in [-0.2, 0) is 10.2 Å². The minimum Gasteiger partial charge on any atom is -0.355 e. The van der Waals surface area contributed by atoms with Crippen molar-refractivity contribution in [2.24, 2.45) is 0 Å². The molecule has 2 aromatic rings. The molecule has 1 aromatic heterocycles. The Balaban J connectivity index is 1.26.